The molecule has 0 aliphatic heterocycles. The van der Waals surface area contributed by atoms with Crippen LogP contribution in [0.2, 0.25) is 0 Å². The minimum atomic E-state index is -0.140. The highest BCUT2D eigenvalue weighted by atomic mass is 16.5. The molecule has 32 heavy (non-hydrogen) atoms. The van der Waals surface area contributed by atoms with Gasteiger partial charge in [-0.2, -0.15) is 0 Å². The molecule has 7 heteroatoms. The molecule has 0 aliphatic rings. The summed E-state index contributed by atoms with van der Waals surface area (Å²) in [5.41, 5.74) is 4.16. The molecule has 3 rings (SSSR count). The van der Waals surface area contributed by atoms with E-state index in [1.807, 2.05) is 56.3 Å². The van der Waals surface area contributed by atoms with E-state index in [-0.39, 0.29) is 5.91 Å². The van der Waals surface area contributed by atoms with Gasteiger partial charge in [-0.1, -0.05) is 6.07 Å². The number of ether oxygens (including phenoxy) is 3. The van der Waals surface area contributed by atoms with Gasteiger partial charge in [0.15, 0.2) is 11.5 Å². The van der Waals surface area contributed by atoms with Crippen molar-refractivity contribution < 1.29 is 23.4 Å². The molecule has 170 valence electrons. The van der Waals surface area contributed by atoms with Crippen LogP contribution in [0.4, 0.5) is 0 Å². The number of methoxy groups -OCH3 is 3. The van der Waals surface area contributed by atoms with E-state index in [0.29, 0.717) is 29.4 Å². The summed E-state index contributed by atoms with van der Waals surface area (Å²) in [4.78, 5) is 14.4. The number of hydrogen-bond acceptors (Lipinski definition) is 6. The van der Waals surface area contributed by atoms with E-state index in [0.717, 1.165) is 34.2 Å². The van der Waals surface area contributed by atoms with Gasteiger partial charge in [0.05, 0.1) is 27.6 Å². The maximum atomic E-state index is 12.3. The molecule has 0 saturated heterocycles. The van der Waals surface area contributed by atoms with Crippen molar-refractivity contribution in [2.45, 2.75) is 6.92 Å². The molecule has 0 unspecified atom stereocenters. The summed E-state index contributed by atoms with van der Waals surface area (Å²) in [5.74, 6) is 1.79. The Morgan fingerprint density at radius 3 is 2.41 bits per heavy atom. The summed E-state index contributed by atoms with van der Waals surface area (Å²) in [6.45, 7) is 3.25. The van der Waals surface area contributed by atoms with Crippen LogP contribution in [0.5, 0.6) is 17.2 Å². The van der Waals surface area contributed by atoms with Crippen molar-refractivity contribution in [1.82, 2.24) is 10.2 Å². The number of likely N-dealkylation sites (N-methyl/N-ethyl adjacent to an activating group) is 1. The third-order valence-corrected chi connectivity index (χ3v) is 5.22. The standard InChI is InChI=1S/C25H30N2O5/c1-16(11-25(28)26-9-10-27(2)3)18-13-19-20(15-32-23(19)14-22(18)30-5)17-7-8-21(29-4)24(12-17)31-6/h7-8,11-15H,9-10H2,1-6H3,(H,26,28)/b16-11+. The third kappa shape index (κ3) is 5.06. The summed E-state index contributed by atoms with van der Waals surface area (Å²) in [7, 11) is 8.75. The first-order valence-electron chi connectivity index (χ1n) is 10.3. The van der Waals surface area contributed by atoms with Gasteiger partial charge in [-0.25, -0.2) is 0 Å². The van der Waals surface area contributed by atoms with Gasteiger partial charge in [-0.3, -0.25) is 4.79 Å². The quantitative estimate of drug-likeness (QED) is 0.505. The van der Waals surface area contributed by atoms with Crippen LogP contribution in [-0.2, 0) is 4.79 Å². The Morgan fingerprint density at radius 2 is 1.75 bits per heavy atom. The molecule has 0 radical (unpaired) electrons. The van der Waals surface area contributed by atoms with E-state index in [1.165, 1.54) is 0 Å². The zero-order chi connectivity index (χ0) is 23.3. The van der Waals surface area contributed by atoms with Crippen LogP contribution in [0, 0.1) is 0 Å². The molecular weight excluding hydrogens is 408 g/mol. The largest absolute Gasteiger partial charge is 0.496 e. The van der Waals surface area contributed by atoms with E-state index in [4.69, 9.17) is 18.6 Å². The maximum absolute atomic E-state index is 12.3. The molecule has 1 N–H and O–H groups in total. The van der Waals surface area contributed by atoms with Gasteiger partial charge in [-0.05, 0) is 50.4 Å². The van der Waals surface area contributed by atoms with Crippen LogP contribution < -0.4 is 19.5 Å². The second-order valence-electron chi connectivity index (χ2n) is 7.69. The smallest absolute Gasteiger partial charge is 0.244 e. The molecule has 0 bridgehead atoms. The lowest BCUT2D eigenvalue weighted by Gasteiger charge is -2.12. The fourth-order valence-corrected chi connectivity index (χ4v) is 3.49. The van der Waals surface area contributed by atoms with Gasteiger partial charge in [0, 0.05) is 41.7 Å². The summed E-state index contributed by atoms with van der Waals surface area (Å²) in [5, 5.41) is 3.81. The van der Waals surface area contributed by atoms with E-state index < -0.39 is 0 Å². The number of carbonyl (C=O) groups excluding carboxylic acids is 1. The van der Waals surface area contributed by atoms with E-state index >= 15 is 0 Å². The predicted molar refractivity (Wildman–Crippen MR) is 127 cm³/mol. The van der Waals surface area contributed by atoms with Gasteiger partial charge in [0.25, 0.3) is 0 Å². The van der Waals surface area contributed by atoms with Crippen molar-refractivity contribution in [1.29, 1.82) is 0 Å². The van der Waals surface area contributed by atoms with Gasteiger partial charge in [0.1, 0.15) is 11.3 Å². The second kappa shape index (κ2) is 10.2. The number of fused-ring (bicyclic) bond motifs is 1. The Bertz CT molecular complexity index is 1130. The highest BCUT2D eigenvalue weighted by molar-refractivity contribution is 6.00. The van der Waals surface area contributed by atoms with Crippen LogP contribution in [0.15, 0.2) is 47.1 Å². The van der Waals surface area contributed by atoms with Crippen LogP contribution >= 0.6 is 0 Å². The van der Waals surface area contributed by atoms with Crippen LogP contribution in [0.3, 0.4) is 0 Å². The average molecular weight is 439 g/mol. The van der Waals surface area contributed by atoms with Crippen molar-refractivity contribution >= 4 is 22.4 Å². The van der Waals surface area contributed by atoms with Gasteiger partial charge < -0.3 is 28.8 Å². The third-order valence-electron chi connectivity index (χ3n) is 5.22. The molecule has 0 saturated carbocycles. The zero-order valence-corrected chi connectivity index (χ0v) is 19.4. The minimum absolute atomic E-state index is 0.140. The molecule has 7 nitrogen and oxygen atoms in total. The molecular formula is C25H30N2O5. The van der Waals surface area contributed by atoms with E-state index in [9.17, 15) is 4.79 Å². The normalized spacial score (nSPS) is 11.7. The molecule has 0 spiro atoms. The van der Waals surface area contributed by atoms with Crippen molar-refractivity contribution in [2.24, 2.45) is 0 Å². The average Bonchev–Trinajstić information content (AvgIpc) is 3.20. The second-order valence-corrected chi connectivity index (χ2v) is 7.69. The van der Waals surface area contributed by atoms with Crippen LogP contribution in [-0.4, -0.2) is 59.3 Å². The van der Waals surface area contributed by atoms with Crippen LogP contribution in [0.25, 0.3) is 27.7 Å². The number of amides is 1. The highest BCUT2D eigenvalue weighted by Crippen LogP contribution is 2.39. The molecule has 1 heterocycles. The Morgan fingerprint density at radius 1 is 1.03 bits per heavy atom. The summed E-state index contributed by atoms with van der Waals surface area (Å²) >= 11 is 0. The highest BCUT2D eigenvalue weighted by Gasteiger charge is 2.16. The number of furan rings is 1. The molecule has 0 fully saturated rings. The topological polar surface area (TPSA) is 73.2 Å². The van der Waals surface area contributed by atoms with Crippen molar-refractivity contribution in [3.8, 4) is 28.4 Å². The number of allylic oxidation sites excluding steroid dienone is 1. The first kappa shape index (κ1) is 23.2. The molecule has 1 amide bonds. The lowest BCUT2D eigenvalue weighted by molar-refractivity contribution is -0.116. The number of hydrogen-bond donors (Lipinski definition) is 1. The number of nitrogens with one attached hydrogen (secondary N) is 1. The summed E-state index contributed by atoms with van der Waals surface area (Å²) in [6.07, 6.45) is 3.30. The Balaban J connectivity index is 2.00. The Hall–Kier alpha value is -3.45. The number of rotatable bonds is 9. The van der Waals surface area contributed by atoms with Crippen molar-refractivity contribution in [2.75, 3.05) is 48.5 Å². The van der Waals surface area contributed by atoms with Gasteiger partial charge in [-0.15, -0.1) is 0 Å². The summed E-state index contributed by atoms with van der Waals surface area (Å²) < 4.78 is 22.2. The first-order chi connectivity index (χ1) is 15.4. The maximum Gasteiger partial charge on any atom is 0.244 e. The van der Waals surface area contributed by atoms with Crippen molar-refractivity contribution in [3.63, 3.8) is 0 Å². The molecule has 2 aromatic carbocycles. The molecule has 0 atom stereocenters. The SMILES string of the molecule is COc1ccc(-c2coc3cc(OC)c(/C(C)=C/C(=O)NCCN(C)C)cc23)cc1OC. The Kier molecular flexibility index (Phi) is 7.43. The number of carbonyl (C=O) groups is 1. The summed E-state index contributed by atoms with van der Waals surface area (Å²) in [6, 6.07) is 9.56. The monoisotopic (exact) mass is 438 g/mol. The van der Waals surface area contributed by atoms with Gasteiger partial charge in [0.2, 0.25) is 5.91 Å². The van der Waals surface area contributed by atoms with Gasteiger partial charge >= 0.3 is 0 Å². The van der Waals surface area contributed by atoms with E-state index in [2.05, 4.69) is 5.32 Å². The fourth-order valence-electron chi connectivity index (χ4n) is 3.49. The molecule has 3 aromatic rings. The first-order valence-corrected chi connectivity index (χ1v) is 10.3. The zero-order valence-electron chi connectivity index (χ0n) is 19.4. The predicted octanol–water partition coefficient (Wildman–Crippen LogP) is 4.21. The molecule has 1 aromatic heterocycles. The lowest BCUT2D eigenvalue weighted by Crippen LogP contribution is -2.30. The molecule has 0 aliphatic carbocycles. The van der Waals surface area contributed by atoms with Crippen LogP contribution in [0.1, 0.15) is 12.5 Å². The van der Waals surface area contributed by atoms with E-state index in [1.54, 1.807) is 33.7 Å². The Labute approximate surface area is 188 Å². The fraction of sp³-hybridized carbons (Fsp3) is 0.320. The van der Waals surface area contributed by atoms with Crippen molar-refractivity contribution in [3.05, 3.63) is 48.2 Å². The number of nitrogens with zero attached hydrogens (tertiary/aromatic N) is 1. The number of benzene rings is 2. The minimum Gasteiger partial charge on any atom is -0.496 e. The lowest BCUT2D eigenvalue weighted by atomic mass is 9.99.